The molecule has 1 heterocycles. The zero-order chi connectivity index (χ0) is 13.8. The molecular formula is C18H29NS. The third-order valence-electron chi connectivity index (χ3n) is 5.53. The summed E-state index contributed by atoms with van der Waals surface area (Å²) in [4.78, 5) is 1.57. The lowest BCUT2D eigenvalue weighted by atomic mass is 9.75. The molecule has 0 spiro atoms. The minimum Gasteiger partial charge on any atom is -0.308 e. The Balaban J connectivity index is 1.64. The second kappa shape index (κ2) is 6.62. The van der Waals surface area contributed by atoms with E-state index in [0.717, 1.165) is 5.92 Å². The molecule has 0 amide bonds. The first-order chi connectivity index (χ1) is 9.77. The number of hydrogen-bond donors (Lipinski definition) is 1. The summed E-state index contributed by atoms with van der Waals surface area (Å²) in [6.07, 6.45) is 12.9. The van der Waals surface area contributed by atoms with Crippen LogP contribution >= 0.6 is 11.3 Å². The van der Waals surface area contributed by atoms with Crippen LogP contribution in [0.2, 0.25) is 0 Å². The zero-order valence-electron chi connectivity index (χ0n) is 12.9. The second-order valence-corrected chi connectivity index (χ2v) is 8.27. The molecule has 0 aliphatic heterocycles. The van der Waals surface area contributed by atoms with Gasteiger partial charge in [-0.2, -0.15) is 0 Å². The van der Waals surface area contributed by atoms with Gasteiger partial charge in [0.1, 0.15) is 0 Å². The highest BCUT2D eigenvalue weighted by molar-refractivity contribution is 7.10. The smallest absolute Gasteiger partial charge is 0.0443 e. The van der Waals surface area contributed by atoms with E-state index in [2.05, 4.69) is 29.8 Å². The van der Waals surface area contributed by atoms with Gasteiger partial charge in [-0.3, -0.25) is 0 Å². The van der Waals surface area contributed by atoms with E-state index >= 15 is 0 Å². The van der Waals surface area contributed by atoms with Crippen LogP contribution in [0.3, 0.4) is 0 Å². The third kappa shape index (κ3) is 3.46. The van der Waals surface area contributed by atoms with Gasteiger partial charge in [-0.15, -0.1) is 11.3 Å². The van der Waals surface area contributed by atoms with E-state index < -0.39 is 0 Å². The number of hydrogen-bond acceptors (Lipinski definition) is 2. The van der Waals surface area contributed by atoms with Crippen molar-refractivity contribution in [2.24, 2.45) is 11.3 Å². The molecule has 1 nitrogen and oxygen atoms in total. The van der Waals surface area contributed by atoms with Crippen LogP contribution in [-0.2, 0) is 0 Å². The lowest BCUT2D eigenvalue weighted by Gasteiger charge is -2.36. The minimum atomic E-state index is 0.548. The van der Waals surface area contributed by atoms with Gasteiger partial charge in [0.2, 0.25) is 0 Å². The Bertz CT molecular complexity index is 386. The monoisotopic (exact) mass is 291 g/mol. The van der Waals surface area contributed by atoms with Crippen LogP contribution in [-0.4, -0.2) is 6.54 Å². The maximum atomic E-state index is 3.98. The van der Waals surface area contributed by atoms with Crippen molar-refractivity contribution in [1.82, 2.24) is 5.32 Å². The van der Waals surface area contributed by atoms with Crippen molar-refractivity contribution >= 4 is 11.3 Å². The van der Waals surface area contributed by atoms with Gasteiger partial charge in [-0.1, -0.05) is 45.1 Å². The van der Waals surface area contributed by atoms with Crippen molar-refractivity contribution in [1.29, 1.82) is 0 Å². The predicted octanol–water partition coefficient (Wildman–Crippen LogP) is 5.54. The lowest BCUT2D eigenvalue weighted by Crippen LogP contribution is -2.37. The highest BCUT2D eigenvalue weighted by Gasteiger charge is 2.31. The van der Waals surface area contributed by atoms with E-state index in [1.165, 1.54) is 64.3 Å². The van der Waals surface area contributed by atoms with Crippen LogP contribution < -0.4 is 5.32 Å². The van der Waals surface area contributed by atoms with E-state index in [-0.39, 0.29) is 0 Å². The molecule has 1 aromatic heterocycles. The largest absolute Gasteiger partial charge is 0.308 e. The lowest BCUT2D eigenvalue weighted by molar-refractivity contribution is 0.190. The van der Waals surface area contributed by atoms with Gasteiger partial charge >= 0.3 is 0 Å². The van der Waals surface area contributed by atoms with Gasteiger partial charge < -0.3 is 5.32 Å². The van der Waals surface area contributed by atoms with E-state index in [4.69, 9.17) is 0 Å². The topological polar surface area (TPSA) is 12.0 Å². The van der Waals surface area contributed by atoms with Crippen molar-refractivity contribution in [3.8, 4) is 0 Å². The fourth-order valence-corrected chi connectivity index (χ4v) is 5.09. The highest BCUT2D eigenvalue weighted by atomic mass is 32.1. The summed E-state index contributed by atoms with van der Waals surface area (Å²) in [5, 5.41) is 6.22. The van der Waals surface area contributed by atoms with Crippen LogP contribution in [0, 0.1) is 11.3 Å². The fourth-order valence-electron chi connectivity index (χ4n) is 4.20. The Morgan fingerprint density at radius 3 is 2.60 bits per heavy atom. The molecule has 2 heteroatoms. The molecule has 1 atom stereocenters. The molecule has 1 N–H and O–H groups in total. The van der Waals surface area contributed by atoms with Crippen LogP contribution in [0.1, 0.15) is 75.6 Å². The van der Waals surface area contributed by atoms with E-state index in [1.54, 1.807) is 4.88 Å². The second-order valence-electron chi connectivity index (χ2n) is 7.29. The summed E-state index contributed by atoms with van der Waals surface area (Å²) < 4.78 is 0. The Hall–Kier alpha value is -0.340. The summed E-state index contributed by atoms with van der Waals surface area (Å²) in [5.74, 6) is 0.876. The molecule has 3 rings (SSSR count). The van der Waals surface area contributed by atoms with Gasteiger partial charge in [-0.25, -0.2) is 0 Å². The SMILES string of the molecule is CC1(CNC(c2cccs2)C2CCCC2)CCCCC1. The summed E-state index contributed by atoms with van der Waals surface area (Å²) >= 11 is 1.94. The van der Waals surface area contributed by atoms with Crippen LogP contribution in [0.5, 0.6) is 0 Å². The first-order valence-electron chi connectivity index (χ1n) is 8.54. The molecule has 0 aromatic carbocycles. The molecule has 2 aliphatic rings. The van der Waals surface area contributed by atoms with Crippen LogP contribution in [0.4, 0.5) is 0 Å². The van der Waals surface area contributed by atoms with E-state index in [1.807, 2.05) is 11.3 Å². The molecule has 1 aromatic rings. The first-order valence-corrected chi connectivity index (χ1v) is 9.42. The minimum absolute atomic E-state index is 0.548. The molecular weight excluding hydrogens is 262 g/mol. The number of nitrogens with one attached hydrogen (secondary N) is 1. The number of thiophene rings is 1. The maximum absolute atomic E-state index is 3.98. The Kier molecular flexibility index (Phi) is 4.83. The predicted molar refractivity (Wildman–Crippen MR) is 88.2 cm³/mol. The van der Waals surface area contributed by atoms with Gasteiger partial charge in [0.25, 0.3) is 0 Å². The average molecular weight is 292 g/mol. The van der Waals surface area contributed by atoms with E-state index in [9.17, 15) is 0 Å². The molecule has 20 heavy (non-hydrogen) atoms. The van der Waals surface area contributed by atoms with Crippen molar-refractivity contribution in [3.63, 3.8) is 0 Å². The van der Waals surface area contributed by atoms with Crippen molar-refractivity contribution in [2.75, 3.05) is 6.54 Å². The molecule has 1 unspecified atom stereocenters. The molecule has 0 radical (unpaired) electrons. The van der Waals surface area contributed by atoms with E-state index in [0.29, 0.717) is 11.5 Å². The quantitative estimate of drug-likeness (QED) is 0.751. The van der Waals surface area contributed by atoms with Crippen LogP contribution in [0.15, 0.2) is 17.5 Å². The van der Waals surface area contributed by atoms with Crippen LogP contribution in [0.25, 0.3) is 0 Å². The summed E-state index contributed by atoms with van der Waals surface area (Å²) in [6, 6.07) is 5.17. The molecule has 2 fully saturated rings. The Morgan fingerprint density at radius 1 is 1.20 bits per heavy atom. The maximum Gasteiger partial charge on any atom is 0.0443 e. The standard InChI is InChI=1S/C18H29NS/c1-18(11-5-2-6-12-18)14-19-17(15-8-3-4-9-15)16-10-7-13-20-16/h7,10,13,15,17,19H,2-6,8-9,11-12,14H2,1H3. The van der Waals surface area contributed by atoms with Gasteiger partial charge in [0, 0.05) is 17.5 Å². The van der Waals surface area contributed by atoms with Crippen molar-refractivity contribution in [2.45, 2.75) is 70.8 Å². The summed E-state index contributed by atoms with van der Waals surface area (Å²) in [6.45, 7) is 3.71. The van der Waals surface area contributed by atoms with Gasteiger partial charge in [0.05, 0.1) is 0 Å². The molecule has 0 bridgehead atoms. The Labute approximate surface area is 128 Å². The fraction of sp³-hybridized carbons (Fsp3) is 0.778. The molecule has 0 saturated heterocycles. The van der Waals surface area contributed by atoms with Crippen molar-refractivity contribution < 1.29 is 0 Å². The third-order valence-corrected chi connectivity index (χ3v) is 6.49. The highest BCUT2D eigenvalue weighted by Crippen LogP contribution is 2.40. The number of rotatable bonds is 5. The molecule has 2 saturated carbocycles. The molecule has 2 aliphatic carbocycles. The Morgan fingerprint density at radius 2 is 1.95 bits per heavy atom. The summed E-state index contributed by atoms with van der Waals surface area (Å²) in [5.41, 5.74) is 0.548. The van der Waals surface area contributed by atoms with Gasteiger partial charge in [0.15, 0.2) is 0 Å². The van der Waals surface area contributed by atoms with Gasteiger partial charge in [-0.05, 0) is 48.5 Å². The first kappa shape index (κ1) is 14.6. The molecule has 112 valence electrons. The normalized spacial score (nSPS) is 24.9. The zero-order valence-corrected chi connectivity index (χ0v) is 13.7. The average Bonchev–Trinajstić information content (AvgIpc) is 3.13. The summed E-state index contributed by atoms with van der Waals surface area (Å²) in [7, 11) is 0. The van der Waals surface area contributed by atoms with Crippen molar-refractivity contribution in [3.05, 3.63) is 22.4 Å².